The molecule has 0 saturated heterocycles. The molecule has 0 saturated carbocycles. The lowest BCUT2D eigenvalue weighted by Gasteiger charge is -2.18. The molecule has 0 aromatic heterocycles. The van der Waals surface area contributed by atoms with Crippen LogP contribution in [0.4, 0.5) is 46.5 Å². The topological polar surface area (TPSA) is 87.3 Å². The van der Waals surface area contributed by atoms with E-state index in [1.54, 1.807) is 23.5 Å². The maximum atomic E-state index is 14.6. The van der Waals surface area contributed by atoms with Crippen LogP contribution in [-0.4, -0.2) is 23.0 Å². The molecule has 4 aromatic carbocycles. The molecule has 1 unspecified atom stereocenters. The number of rotatable bonds is 10. The fourth-order valence-corrected chi connectivity index (χ4v) is 5.49. The van der Waals surface area contributed by atoms with Gasteiger partial charge in [0.2, 0.25) is 5.91 Å². The molecule has 0 spiro atoms. The number of nitrogens with one attached hydrogen (secondary N) is 3. The Labute approximate surface area is 282 Å². The highest BCUT2D eigenvalue weighted by Gasteiger charge is 2.42. The average molecular weight is 728 g/mol. The number of thioether (sulfide) groups is 1. The second kappa shape index (κ2) is 15.6. The Balaban J connectivity index is 1.56. The van der Waals surface area contributed by atoms with Gasteiger partial charge in [0.25, 0.3) is 11.8 Å². The molecule has 0 bridgehead atoms. The molecule has 0 aliphatic rings. The quantitative estimate of drug-likeness (QED) is 0.0659. The molecule has 256 valence electrons. The van der Waals surface area contributed by atoms with Gasteiger partial charge in [-0.1, -0.05) is 48.9 Å². The highest BCUT2D eigenvalue weighted by atomic mass is 35.5. The van der Waals surface area contributed by atoms with Crippen LogP contribution in [0, 0.1) is 29.1 Å². The summed E-state index contributed by atoms with van der Waals surface area (Å²) in [6, 6.07) is 17.3. The summed E-state index contributed by atoms with van der Waals surface area (Å²) in [6.45, 7) is 1.48. The molecule has 16 heteroatoms. The van der Waals surface area contributed by atoms with Crippen LogP contribution >= 0.6 is 23.4 Å². The predicted octanol–water partition coefficient (Wildman–Crippen LogP) is 8.97. The Morgan fingerprint density at radius 2 is 1.47 bits per heavy atom. The summed E-state index contributed by atoms with van der Waals surface area (Å²) < 4.78 is 110. The maximum Gasteiger partial charge on any atom is 0.422 e. The zero-order valence-corrected chi connectivity index (χ0v) is 26.4. The Morgan fingerprint density at radius 3 is 2.06 bits per heavy atom. The second-order valence-electron chi connectivity index (χ2n) is 10.0. The summed E-state index contributed by atoms with van der Waals surface area (Å²) in [5.41, 5.74) is -4.82. The van der Waals surface area contributed by atoms with Crippen molar-refractivity contribution < 1.29 is 49.5 Å². The van der Waals surface area contributed by atoms with E-state index in [4.69, 9.17) is 11.6 Å². The molecule has 4 rings (SSSR count). The first kappa shape index (κ1) is 36.9. The summed E-state index contributed by atoms with van der Waals surface area (Å²) in [4.78, 5) is 39.4. The maximum absolute atomic E-state index is 14.6. The van der Waals surface area contributed by atoms with Crippen molar-refractivity contribution in [2.45, 2.75) is 29.7 Å². The van der Waals surface area contributed by atoms with Gasteiger partial charge in [-0.15, -0.1) is 11.8 Å². The predicted molar refractivity (Wildman–Crippen MR) is 168 cm³/mol. The first-order valence-electron chi connectivity index (χ1n) is 14.0. The van der Waals surface area contributed by atoms with E-state index in [0.717, 1.165) is 23.9 Å². The lowest BCUT2D eigenvalue weighted by atomic mass is 10.1. The molecule has 0 aliphatic heterocycles. The van der Waals surface area contributed by atoms with Gasteiger partial charge < -0.3 is 16.0 Å². The van der Waals surface area contributed by atoms with Crippen LogP contribution < -0.4 is 16.0 Å². The Bertz CT molecular complexity index is 1890. The third-order valence-corrected chi connectivity index (χ3v) is 8.33. The SMILES string of the molecule is CCC(Sc1cccc(NC(=O)/C(=C\c2c(F)cccc2Cl)NC(=O)c2ccccc2)c1)C(=O)Nc1c(F)c(F)c(C(F)(F)F)c(F)c1F. The van der Waals surface area contributed by atoms with Gasteiger partial charge in [0.1, 0.15) is 22.8 Å². The highest BCUT2D eigenvalue weighted by Crippen LogP contribution is 2.39. The number of halogens is 9. The fraction of sp³-hybridized carbons (Fsp3) is 0.121. The van der Waals surface area contributed by atoms with E-state index < -0.39 is 75.2 Å². The number of anilines is 2. The number of hydrogen-bond donors (Lipinski definition) is 3. The summed E-state index contributed by atoms with van der Waals surface area (Å²) in [7, 11) is 0. The minimum atomic E-state index is -5.75. The molecule has 1 atom stereocenters. The molecule has 0 radical (unpaired) electrons. The van der Waals surface area contributed by atoms with Crippen molar-refractivity contribution in [1.82, 2.24) is 5.32 Å². The van der Waals surface area contributed by atoms with Crippen LogP contribution in [0.15, 0.2) is 83.4 Å². The minimum Gasteiger partial charge on any atom is -0.321 e. The van der Waals surface area contributed by atoms with Crippen LogP contribution in [-0.2, 0) is 15.8 Å². The molecule has 6 nitrogen and oxygen atoms in total. The third-order valence-electron chi connectivity index (χ3n) is 6.65. The second-order valence-corrected chi connectivity index (χ2v) is 11.7. The molecular formula is C33H22ClF8N3O3S. The lowest BCUT2D eigenvalue weighted by molar-refractivity contribution is -0.143. The van der Waals surface area contributed by atoms with Crippen molar-refractivity contribution in [2.24, 2.45) is 0 Å². The Morgan fingerprint density at radius 1 is 0.837 bits per heavy atom. The van der Waals surface area contributed by atoms with E-state index >= 15 is 0 Å². The van der Waals surface area contributed by atoms with E-state index in [-0.39, 0.29) is 33.2 Å². The minimum absolute atomic E-state index is 0.0380. The molecular weight excluding hydrogens is 706 g/mol. The summed E-state index contributed by atoms with van der Waals surface area (Å²) in [5, 5.41) is 5.32. The number of amides is 3. The number of benzene rings is 4. The van der Waals surface area contributed by atoms with Crippen LogP contribution in [0.1, 0.15) is 34.8 Å². The molecule has 49 heavy (non-hydrogen) atoms. The summed E-state index contributed by atoms with van der Waals surface area (Å²) in [6.07, 6.45) is -4.76. The van der Waals surface area contributed by atoms with E-state index in [9.17, 15) is 49.5 Å². The van der Waals surface area contributed by atoms with E-state index in [0.29, 0.717) is 0 Å². The van der Waals surface area contributed by atoms with Gasteiger partial charge in [-0.05, 0) is 55.0 Å². The molecule has 0 fully saturated rings. The van der Waals surface area contributed by atoms with Gasteiger partial charge in [0, 0.05) is 21.7 Å². The first-order valence-corrected chi connectivity index (χ1v) is 15.2. The van der Waals surface area contributed by atoms with E-state index in [1.165, 1.54) is 55.5 Å². The largest absolute Gasteiger partial charge is 0.422 e. The fourth-order valence-electron chi connectivity index (χ4n) is 4.26. The van der Waals surface area contributed by atoms with Crippen molar-refractivity contribution in [2.75, 3.05) is 10.6 Å². The summed E-state index contributed by atoms with van der Waals surface area (Å²) in [5.74, 6) is -13.9. The number of hydrogen-bond acceptors (Lipinski definition) is 4. The van der Waals surface area contributed by atoms with Gasteiger partial charge >= 0.3 is 6.18 Å². The van der Waals surface area contributed by atoms with E-state index in [2.05, 4.69) is 10.6 Å². The lowest BCUT2D eigenvalue weighted by Crippen LogP contribution is -2.30. The van der Waals surface area contributed by atoms with Gasteiger partial charge in [0.05, 0.1) is 10.3 Å². The average Bonchev–Trinajstić information content (AvgIpc) is 3.05. The third kappa shape index (κ3) is 8.78. The number of carbonyl (C=O) groups is 3. The van der Waals surface area contributed by atoms with Crippen molar-refractivity contribution in [3.8, 4) is 0 Å². The molecule has 3 N–H and O–H groups in total. The molecule has 0 heterocycles. The van der Waals surface area contributed by atoms with Crippen molar-refractivity contribution >= 4 is 58.5 Å². The number of carbonyl (C=O) groups excluding carboxylic acids is 3. The van der Waals surface area contributed by atoms with Gasteiger partial charge in [-0.2, -0.15) is 13.2 Å². The van der Waals surface area contributed by atoms with Gasteiger partial charge in [0.15, 0.2) is 23.3 Å². The van der Waals surface area contributed by atoms with Crippen LogP contribution in [0.5, 0.6) is 0 Å². The van der Waals surface area contributed by atoms with Crippen LogP contribution in [0.3, 0.4) is 0 Å². The first-order chi connectivity index (χ1) is 23.1. The monoisotopic (exact) mass is 727 g/mol. The highest BCUT2D eigenvalue weighted by molar-refractivity contribution is 8.00. The summed E-state index contributed by atoms with van der Waals surface area (Å²) >= 11 is 6.90. The Hall–Kier alpha value is -4.89. The van der Waals surface area contributed by atoms with Crippen molar-refractivity contribution in [3.63, 3.8) is 0 Å². The zero-order valence-electron chi connectivity index (χ0n) is 24.8. The molecule has 4 aromatic rings. The smallest absolute Gasteiger partial charge is 0.321 e. The molecule has 3 amide bonds. The van der Waals surface area contributed by atoms with E-state index in [1.807, 2.05) is 0 Å². The number of alkyl halides is 3. The normalized spacial score (nSPS) is 12.3. The van der Waals surface area contributed by atoms with Gasteiger partial charge in [-0.25, -0.2) is 22.0 Å². The zero-order chi connectivity index (χ0) is 36.0. The molecule has 0 aliphatic carbocycles. The van der Waals surface area contributed by atoms with Crippen LogP contribution in [0.2, 0.25) is 5.02 Å². The van der Waals surface area contributed by atoms with Gasteiger partial charge in [-0.3, -0.25) is 14.4 Å². The van der Waals surface area contributed by atoms with Crippen molar-refractivity contribution in [3.05, 3.63) is 129 Å². The van der Waals surface area contributed by atoms with Crippen molar-refractivity contribution in [1.29, 1.82) is 0 Å². The standard InChI is InChI=1S/C33H22ClF8N3O3S/c1-2-23(32(48)45-29-27(38)25(36)24(33(40,41)42)26(37)28(29)39)49-18-11-6-10-17(14-18)43-31(47)22(15-19-20(34)12-7-13-21(19)35)44-30(46)16-8-4-3-5-9-16/h3-15,23H,2H2,1H3,(H,43,47)(H,44,46)(H,45,48)/b22-15+. The Kier molecular flexibility index (Phi) is 11.7. The van der Waals surface area contributed by atoms with Crippen LogP contribution in [0.25, 0.3) is 6.08 Å².